The average Bonchev–Trinajstić information content (AvgIpc) is 3.09. The number of nitriles is 1. The van der Waals surface area contributed by atoms with E-state index >= 15 is 0 Å². The molecule has 2 aromatic rings. The molecule has 1 aromatic carbocycles. The highest BCUT2D eigenvalue weighted by molar-refractivity contribution is 6.99. The fraction of sp³-hybridized carbons (Fsp3) is 0.286. The molecule has 0 unspecified atom stereocenters. The van der Waals surface area contributed by atoms with Gasteiger partial charge in [0.2, 0.25) is 0 Å². The van der Waals surface area contributed by atoms with E-state index in [9.17, 15) is 4.79 Å². The smallest absolute Gasteiger partial charge is 0.254 e. The summed E-state index contributed by atoms with van der Waals surface area (Å²) in [5.74, 6) is 0.849. The minimum Gasteiger partial charge on any atom is -0.351 e. The molecule has 1 amide bonds. The number of carbonyl (C=O) groups excluding carboxylic acids is 1. The van der Waals surface area contributed by atoms with Crippen molar-refractivity contribution in [3.05, 3.63) is 41.6 Å². The topological polar surface area (TPSA) is 73.1 Å². The third-order valence-corrected chi connectivity index (χ3v) is 3.95. The van der Waals surface area contributed by atoms with Crippen molar-refractivity contribution in [2.24, 2.45) is 0 Å². The molecule has 0 bridgehead atoms. The van der Waals surface area contributed by atoms with E-state index in [1.54, 1.807) is 30.5 Å². The summed E-state index contributed by atoms with van der Waals surface area (Å²) < 4.78 is 8.20. The summed E-state index contributed by atoms with van der Waals surface area (Å²) in [7, 11) is 0. The van der Waals surface area contributed by atoms with Crippen LogP contribution in [0, 0.1) is 11.3 Å². The molecule has 2 heterocycles. The first-order valence-corrected chi connectivity index (χ1v) is 7.33. The summed E-state index contributed by atoms with van der Waals surface area (Å²) >= 11 is 1.19. The zero-order valence-electron chi connectivity index (χ0n) is 11.3. The zero-order valence-corrected chi connectivity index (χ0v) is 12.1. The van der Waals surface area contributed by atoms with Crippen LogP contribution < -0.4 is 4.90 Å². The number of hydrogen-bond donors (Lipinski definition) is 0. The molecular weight excluding hydrogens is 286 g/mol. The van der Waals surface area contributed by atoms with Crippen LogP contribution in [0.1, 0.15) is 15.9 Å². The van der Waals surface area contributed by atoms with Crippen LogP contribution in [0.4, 0.5) is 5.82 Å². The van der Waals surface area contributed by atoms with E-state index in [0.29, 0.717) is 24.2 Å². The van der Waals surface area contributed by atoms with Crippen molar-refractivity contribution in [1.29, 1.82) is 5.26 Å². The lowest BCUT2D eigenvalue weighted by Gasteiger charge is -2.34. The van der Waals surface area contributed by atoms with Crippen molar-refractivity contribution in [2.45, 2.75) is 0 Å². The van der Waals surface area contributed by atoms with Gasteiger partial charge in [-0.3, -0.25) is 4.79 Å². The Labute approximate surface area is 126 Å². The largest absolute Gasteiger partial charge is 0.351 e. The third kappa shape index (κ3) is 2.85. The Morgan fingerprint density at radius 2 is 2.10 bits per heavy atom. The molecule has 3 rings (SSSR count). The molecule has 0 spiro atoms. The van der Waals surface area contributed by atoms with Crippen molar-refractivity contribution in [1.82, 2.24) is 13.6 Å². The van der Waals surface area contributed by atoms with Gasteiger partial charge in [0, 0.05) is 31.7 Å². The lowest BCUT2D eigenvalue weighted by Crippen LogP contribution is -2.48. The molecule has 0 radical (unpaired) electrons. The van der Waals surface area contributed by atoms with Crippen molar-refractivity contribution < 1.29 is 4.79 Å². The predicted molar refractivity (Wildman–Crippen MR) is 79.2 cm³/mol. The lowest BCUT2D eigenvalue weighted by molar-refractivity contribution is 0.0746. The van der Waals surface area contributed by atoms with Gasteiger partial charge in [-0.25, -0.2) is 0 Å². The van der Waals surface area contributed by atoms with Crippen LogP contribution in [0.2, 0.25) is 0 Å². The maximum absolute atomic E-state index is 12.4. The molecule has 1 aliphatic heterocycles. The number of benzene rings is 1. The van der Waals surface area contributed by atoms with Crippen LogP contribution in [0.5, 0.6) is 0 Å². The Hall–Kier alpha value is -2.46. The lowest BCUT2D eigenvalue weighted by atomic mass is 10.1. The molecule has 0 N–H and O–H groups in total. The summed E-state index contributed by atoms with van der Waals surface area (Å²) in [5.41, 5.74) is 1.07. The second-order valence-corrected chi connectivity index (χ2v) is 5.29. The zero-order chi connectivity index (χ0) is 14.7. The molecule has 106 valence electrons. The fourth-order valence-electron chi connectivity index (χ4n) is 2.34. The van der Waals surface area contributed by atoms with Crippen LogP contribution in [0.3, 0.4) is 0 Å². The Morgan fingerprint density at radius 1 is 1.29 bits per heavy atom. The molecule has 1 aliphatic rings. The third-order valence-electron chi connectivity index (χ3n) is 3.48. The van der Waals surface area contributed by atoms with Crippen molar-refractivity contribution in [2.75, 3.05) is 31.1 Å². The number of rotatable bonds is 2. The molecule has 0 atom stereocenters. The van der Waals surface area contributed by atoms with E-state index in [-0.39, 0.29) is 5.91 Å². The predicted octanol–water partition coefficient (Wildman–Crippen LogP) is 1.37. The fourth-order valence-corrected chi connectivity index (χ4v) is 2.78. The number of anilines is 1. The number of nitrogens with zero attached hydrogens (tertiary/aromatic N) is 5. The van der Waals surface area contributed by atoms with Gasteiger partial charge in [0.15, 0.2) is 5.82 Å². The maximum atomic E-state index is 12.4. The van der Waals surface area contributed by atoms with Crippen LogP contribution in [0.25, 0.3) is 0 Å². The number of hydrogen-bond acceptors (Lipinski definition) is 6. The van der Waals surface area contributed by atoms with Gasteiger partial charge in [-0.1, -0.05) is 6.07 Å². The first-order valence-electron chi connectivity index (χ1n) is 6.60. The minimum absolute atomic E-state index is 0.0249. The Balaban J connectivity index is 1.66. The molecule has 21 heavy (non-hydrogen) atoms. The normalized spacial score (nSPS) is 14.8. The molecule has 0 aliphatic carbocycles. The van der Waals surface area contributed by atoms with Gasteiger partial charge in [0.25, 0.3) is 5.91 Å². The van der Waals surface area contributed by atoms with Crippen molar-refractivity contribution >= 4 is 23.5 Å². The van der Waals surface area contributed by atoms with Gasteiger partial charge in [-0.15, -0.1) is 0 Å². The highest BCUT2D eigenvalue weighted by Crippen LogP contribution is 2.15. The first kappa shape index (κ1) is 13.5. The van der Waals surface area contributed by atoms with E-state index < -0.39 is 0 Å². The van der Waals surface area contributed by atoms with E-state index in [4.69, 9.17) is 5.26 Å². The van der Waals surface area contributed by atoms with E-state index in [0.717, 1.165) is 18.9 Å². The standard InChI is InChI=1S/C14H13N5OS/c15-9-11-2-1-3-12(8-11)14(20)19-6-4-18(5-7-19)13-10-16-21-17-13/h1-3,8,10H,4-7H2. The van der Waals surface area contributed by atoms with Crippen LogP contribution >= 0.6 is 11.7 Å². The Morgan fingerprint density at radius 3 is 2.76 bits per heavy atom. The summed E-state index contributed by atoms with van der Waals surface area (Å²) in [5, 5.41) is 8.90. The number of amides is 1. The van der Waals surface area contributed by atoms with Gasteiger partial charge in [0.05, 0.1) is 29.6 Å². The first-order chi connectivity index (χ1) is 10.3. The summed E-state index contributed by atoms with van der Waals surface area (Å²) in [6, 6.07) is 8.88. The second-order valence-electron chi connectivity index (χ2n) is 4.74. The quantitative estimate of drug-likeness (QED) is 0.837. The number of piperazine rings is 1. The average molecular weight is 299 g/mol. The molecule has 7 heteroatoms. The molecule has 1 saturated heterocycles. The molecular formula is C14H13N5OS. The van der Waals surface area contributed by atoms with Crippen LogP contribution in [0.15, 0.2) is 30.5 Å². The van der Waals surface area contributed by atoms with Gasteiger partial charge in [0.1, 0.15) is 0 Å². The van der Waals surface area contributed by atoms with Gasteiger partial charge in [-0.05, 0) is 18.2 Å². The maximum Gasteiger partial charge on any atom is 0.254 e. The van der Waals surface area contributed by atoms with Crippen LogP contribution in [-0.2, 0) is 0 Å². The Bertz CT molecular complexity index is 671. The number of aromatic nitrogens is 2. The van der Waals surface area contributed by atoms with Crippen molar-refractivity contribution in [3.63, 3.8) is 0 Å². The summed E-state index contributed by atoms with van der Waals surface area (Å²) in [6.45, 7) is 2.78. The molecule has 6 nitrogen and oxygen atoms in total. The van der Waals surface area contributed by atoms with E-state index in [2.05, 4.69) is 19.7 Å². The summed E-state index contributed by atoms with van der Waals surface area (Å²) in [4.78, 5) is 16.4. The van der Waals surface area contributed by atoms with Crippen molar-refractivity contribution in [3.8, 4) is 6.07 Å². The van der Waals surface area contributed by atoms with E-state index in [1.165, 1.54) is 11.7 Å². The van der Waals surface area contributed by atoms with Crippen LogP contribution in [-0.4, -0.2) is 45.7 Å². The minimum atomic E-state index is -0.0249. The monoisotopic (exact) mass is 299 g/mol. The summed E-state index contributed by atoms with van der Waals surface area (Å²) in [6.07, 6.45) is 1.75. The highest BCUT2D eigenvalue weighted by Gasteiger charge is 2.23. The Kier molecular flexibility index (Phi) is 3.79. The molecule has 1 aromatic heterocycles. The second kappa shape index (κ2) is 5.89. The number of carbonyl (C=O) groups is 1. The van der Waals surface area contributed by atoms with Gasteiger partial charge >= 0.3 is 0 Å². The van der Waals surface area contributed by atoms with Gasteiger partial charge < -0.3 is 9.80 Å². The van der Waals surface area contributed by atoms with E-state index in [1.807, 2.05) is 4.90 Å². The highest BCUT2D eigenvalue weighted by atomic mass is 32.1. The SMILES string of the molecule is N#Cc1cccc(C(=O)N2CCN(c3cnsn3)CC2)c1. The molecule has 1 fully saturated rings. The van der Waals surface area contributed by atoms with Gasteiger partial charge in [-0.2, -0.15) is 14.0 Å². The molecule has 0 saturated carbocycles.